The minimum absolute atomic E-state index is 0.0544. The Morgan fingerprint density at radius 3 is 2.73 bits per heavy atom. The molecule has 5 nitrogen and oxygen atoms in total. The number of hydrogen-bond acceptors (Lipinski definition) is 4. The second-order valence-corrected chi connectivity index (χ2v) is 5.69. The van der Waals surface area contributed by atoms with Gasteiger partial charge in [0.15, 0.2) is 0 Å². The molecule has 0 aromatic carbocycles. The highest BCUT2D eigenvalue weighted by molar-refractivity contribution is 5.77. The zero-order chi connectivity index (χ0) is 15.2. The predicted octanol–water partition coefficient (Wildman–Crippen LogP) is 2.17. The van der Waals surface area contributed by atoms with Crippen molar-refractivity contribution in [3.05, 3.63) is 54.2 Å². The zero-order valence-corrected chi connectivity index (χ0v) is 12.6. The molecule has 1 amide bonds. The predicted molar refractivity (Wildman–Crippen MR) is 83.2 cm³/mol. The summed E-state index contributed by atoms with van der Waals surface area (Å²) in [4.78, 5) is 18.2. The molecule has 1 fully saturated rings. The molecular formula is C17H21N3O2. The Labute approximate surface area is 130 Å². The van der Waals surface area contributed by atoms with Gasteiger partial charge in [-0.15, -0.1) is 0 Å². The summed E-state index contributed by atoms with van der Waals surface area (Å²) in [6.07, 6.45) is 7.50. The molecule has 3 rings (SSSR count). The van der Waals surface area contributed by atoms with Crippen LogP contribution in [0.15, 0.2) is 47.3 Å². The van der Waals surface area contributed by atoms with E-state index in [2.05, 4.69) is 27.3 Å². The van der Waals surface area contributed by atoms with Crippen LogP contribution in [-0.2, 0) is 11.3 Å². The molecule has 0 saturated carbocycles. The van der Waals surface area contributed by atoms with Crippen LogP contribution in [0.4, 0.5) is 0 Å². The van der Waals surface area contributed by atoms with Gasteiger partial charge in [-0.05, 0) is 61.7 Å². The Bertz CT molecular complexity index is 575. The number of nitrogens with zero attached hydrogens (tertiary/aromatic N) is 2. The van der Waals surface area contributed by atoms with E-state index in [4.69, 9.17) is 4.42 Å². The number of carbonyl (C=O) groups is 1. The Kier molecular flexibility index (Phi) is 4.85. The van der Waals surface area contributed by atoms with Crippen LogP contribution in [0.3, 0.4) is 0 Å². The Balaban J connectivity index is 1.41. The van der Waals surface area contributed by atoms with Gasteiger partial charge in [0, 0.05) is 12.4 Å². The Morgan fingerprint density at radius 1 is 1.27 bits per heavy atom. The molecule has 0 aliphatic carbocycles. The maximum Gasteiger partial charge on any atom is 0.234 e. The zero-order valence-electron chi connectivity index (χ0n) is 12.6. The van der Waals surface area contributed by atoms with E-state index >= 15 is 0 Å². The SMILES string of the molecule is O=C(CN1CCC(c2ccncc2)CC1)NCc1ccco1. The number of rotatable bonds is 5. The number of carbonyl (C=O) groups excluding carboxylic acids is 1. The molecule has 1 aliphatic rings. The van der Waals surface area contributed by atoms with E-state index in [-0.39, 0.29) is 5.91 Å². The summed E-state index contributed by atoms with van der Waals surface area (Å²) < 4.78 is 5.20. The smallest absolute Gasteiger partial charge is 0.234 e. The van der Waals surface area contributed by atoms with Gasteiger partial charge in [-0.1, -0.05) is 0 Å². The summed E-state index contributed by atoms with van der Waals surface area (Å²) >= 11 is 0. The van der Waals surface area contributed by atoms with Gasteiger partial charge in [0.25, 0.3) is 0 Å². The Hall–Kier alpha value is -2.14. The van der Waals surface area contributed by atoms with Crippen LogP contribution in [-0.4, -0.2) is 35.4 Å². The van der Waals surface area contributed by atoms with Gasteiger partial charge in [0.1, 0.15) is 5.76 Å². The van der Waals surface area contributed by atoms with Gasteiger partial charge in [-0.25, -0.2) is 0 Å². The first kappa shape index (κ1) is 14.8. The van der Waals surface area contributed by atoms with Gasteiger partial charge in [-0.3, -0.25) is 14.7 Å². The maximum absolute atomic E-state index is 12.0. The van der Waals surface area contributed by atoms with E-state index in [0.29, 0.717) is 19.0 Å². The molecule has 1 saturated heterocycles. The Morgan fingerprint density at radius 2 is 2.05 bits per heavy atom. The average Bonchev–Trinajstić information content (AvgIpc) is 3.08. The largest absolute Gasteiger partial charge is 0.467 e. The first-order chi connectivity index (χ1) is 10.8. The van der Waals surface area contributed by atoms with Crippen LogP contribution in [0.1, 0.15) is 30.1 Å². The molecule has 2 aromatic rings. The van der Waals surface area contributed by atoms with E-state index in [1.165, 1.54) is 5.56 Å². The van der Waals surface area contributed by atoms with E-state index in [1.807, 2.05) is 24.5 Å². The van der Waals surface area contributed by atoms with Crippen molar-refractivity contribution in [2.75, 3.05) is 19.6 Å². The topological polar surface area (TPSA) is 58.4 Å². The molecule has 0 unspecified atom stereocenters. The minimum Gasteiger partial charge on any atom is -0.467 e. The molecular weight excluding hydrogens is 278 g/mol. The fourth-order valence-electron chi connectivity index (χ4n) is 2.92. The summed E-state index contributed by atoms with van der Waals surface area (Å²) in [6, 6.07) is 7.87. The number of amides is 1. The van der Waals surface area contributed by atoms with Crippen LogP contribution in [0.2, 0.25) is 0 Å². The van der Waals surface area contributed by atoms with Crippen LogP contribution in [0, 0.1) is 0 Å². The second kappa shape index (κ2) is 7.22. The lowest BCUT2D eigenvalue weighted by molar-refractivity contribution is -0.122. The molecule has 0 atom stereocenters. The number of hydrogen-bond donors (Lipinski definition) is 1. The highest BCUT2D eigenvalue weighted by Gasteiger charge is 2.21. The fourth-order valence-corrected chi connectivity index (χ4v) is 2.92. The fraction of sp³-hybridized carbons (Fsp3) is 0.412. The van der Waals surface area contributed by atoms with E-state index in [9.17, 15) is 4.79 Å². The summed E-state index contributed by atoms with van der Waals surface area (Å²) in [5.41, 5.74) is 1.36. The van der Waals surface area contributed by atoms with Gasteiger partial charge in [-0.2, -0.15) is 0 Å². The minimum atomic E-state index is 0.0544. The maximum atomic E-state index is 12.0. The number of pyridine rings is 1. The lowest BCUT2D eigenvalue weighted by Gasteiger charge is -2.31. The summed E-state index contributed by atoms with van der Waals surface area (Å²) in [6.45, 7) is 2.84. The standard InChI is InChI=1S/C17H21N3O2/c21-17(19-12-16-2-1-11-22-16)13-20-9-5-15(6-10-20)14-3-7-18-8-4-14/h1-4,7-8,11,15H,5-6,9-10,12-13H2,(H,19,21). The number of piperidine rings is 1. The lowest BCUT2D eigenvalue weighted by atomic mass is 9.90. The van der Waals surface area contributed by atoms with Crippen molar-refractivity contribution in [1.82, 2.24) is 15.2 Å². The summed E-state index contributed by atoms with van der Waals surface area (Å²) in [7, 11) is 0. The lowest BCUT2D eigenvalue weighted by Crippen LogP contribution is -2.40. The van der Waals surface area contributed by atoms with Gasteiger partial charge in [0.05, 0.1) is 19.4 Å². The van der Waals surface area contributed by atoms with Crippen LogP contribution >= 0.6 is 0 Å². The van der Waals surface area contributed by atoms with E-state index < -0.39 is 0 Å². The monoisotopic (exact) mass is 299 g/mol. The third-order valence-electron chi connectivity index (χ3n) is 4.17. The van der Waals surface area contributed by atoms with Crippen LogP contribution in [0.25, 0.3) is 0 Å². The van der Waals surface area contributed by atoms with E-state index in [0.717, 1.165) is 31.7 Å². The highest BCUT2D eigenvalue weighted by Crippen LogP contribution is 2.27. The van der Waals surface area contributed by atoms with Crippen molar-refractivity contribution in [2.45, 2.75) is 25.3 Å². The highest BCUT2D eigenvalue weighted by atomic mass is 16.3. The van der Waals surface area contributed by atoms with Gasteiger partial charge < -0.3 is 9.73 Å². The summed E-state index contributed by atoms with van der Waals surface area (Å²) in [5, 5.41) is 2.89. The second-order valence-electron chi connectivity index (χ2n) is 5.69. The third-order valence-corrected chi connectivity index (χ3v) is 4.17. The van der Waals surface area contributed by atoms with Crippen molar-refractivity contribution >= 4 is 5.91 Å². The molecule has 0 spiro atoms. The van der Waals surface area contributed by atoms with E-state index in [1.54, 1.807) is 6.26 Å². The molecule has 2 aromatic heterocycles. The first-order valence-corrected chi connectivity index (χ1v) is 7.72. The van der Waals surface area contributed by atoms with Crippen LogP contribution in [0.5, 0.6) is 0 Å². The van der Waals surface area contributed by atoms with Gasteiger partial charge >= 0.3 is 0 Å². The third kappa shape index (κ3) is 3.95. The molecule has 1 N–H and O–H groups in total. The molecule has 3 heterocycles. The first-order valence-electron chi connectivity index (χ1n) is 7.72. The average molecular weight is 299 g/mol. The van der Waals surface area contributed by atoms with Crippen LogP contribution < -0.4 is 5.32 Å². The summed E-state index contributed by atoms with van der Waals surface area (Å²) in [5.74, 6) is 1.42. The van der Waals surface area contributed by atoms with Crippen molar-refractivity contribution in [1.29, 1.82) is 0 Å². The molecule has 0 radical (unpaired) electrons. The number of furan rings is 1. The molecule has 116 valence electrons. The number of likely N-dealkylation sites (tertiary alicyclic amines) is 1. The normalized spacial score (nSPS) is 16.5. The molecule has 5 heteroatoms. The quantitative estimate of drug-likeness (QED) is 0.919. The van der Waals surface area contributed by atoms with Crippen molar-refractivity contribution in [2.24, 2.45) is 0 Å². The van der Waals surface area contributed by atoms with Gasteiger partial charge in [0.2, 0.25) is 5.91 Å². The molecule has 22 heavy (non-hydrogen) atoms. The molecule has 1 aliphatic heterocycles. The number of aromatic nitrogens is 1. The van der Waals surface area contributed by atoms with Crippen molar-refractivity contribution in [3.63, 3.8) is 0 Å². The number of nitrogens with one attached hydrogen (secondary N) is 1. The molecule has 0 bridgehead atoms. The van der Waals surface area contributed by atoms with Crippen molar-refractivity contribution in [3.8, 4) is 0 Å². The van der Waals surface area contributed by atoms with Crippen molar-refractivity contribution < 1.29 is 9.21 Å².